The first-order valence-corrected chi connectivity index (χ1v) is 6.63. The first kappa shape index (κ1) is 17.7. The second-order valence-electron chi connectivity index (χ2n) is 4.78. The van der Waals surface area contributed by atoms with E-state index in [1.54, 1.807) is 18.2 Å². The molecule has 2 atom stereocenters. The minimum absolute atomic E-state index is 0. The SMILES string of the molecule is CC(C)CC[C@@H](O)[C@@H](N)c1ccc(O)c(Br)c1.Cl. The van der Waals surface area contributed by atoms with Crippen molar-refractivity contribution in [3.8, 4) is 5.75 Å². The van der Waals surface area contributed by atoms with Crippen molar-refractivity contribution in [1.82, 2.24) is 0 Å². The third-order valence-electron chi connectivity index (χ3n) is 2.81. The smallest absolute Gasteiger partial charge is 0.129 e. The van der Waals surface area contributed by atoms with E-state index in [1.807, 2.05) is 0 Å². The quantitative estimate of drug-likeness (QED) is 0.771. The van der Waals surface area contributed by atoms with Crippen LogP contribution in [0.1, 0.15) is 38.3 Å². The molecule has 0 aromatic heterocycles. The third-order valence-corrected chi connectivity index (χ3v) is 3.45. The molecule has 1 aromatic carbocycles. The number of phenolic OH excluding ortho intramolecular Hbond substituents is 1. The van der Waals surface area contributed by atoms with Gasteiger partial charge < -0.3 is 15.9 Å². The van der Waals surface area contributed by atoms with E-state index < -0.39 is 12.1 Å². The van der Waals surface area contributed by atoms with Crippen LogP contribution >= 0.6 is 28.3 Å². The average Bonchev–Trinajstić information content (AvgIpc) is 2.28. The molecule has 0 unspecified atom stereocenters. The Hall–Kier alpha value is -0.290. The molecule has 18 heavy (non-hydrogen) atoms. The highest BCUT2D eigenvalue weighted by atomic mass is 79.9. The Kier molecular flexibility index (Phi) is 7.87. The highest BCUT2D eigenvalue weighted by Crippen LogP contribution is 2.28. The molecule has 5 heteroatoms. The first-order chi connectivity index (χ1) is 7.91. The minimum atomic E-state index is -0.547. The zero-order valence-electron chi connectivity index (χ0n) is 10.6. The fourth-order valence-electron chi connectivity index (χ4n) is 1.64. The number of benzene rings is 1. The molecule has 104 valence electrons. The van der Waals surface area contributed by atoms with Crippen LogP contribution in [0, 0.1) is 5.92 Å². The number of hydrogen-bond donors (Lipinski definition) is 3. The van der Waals surface area contributed by atoms with E-state index in [0.29, 0.717) is 16.8 Å². The van der Waals surface area contributed by atoms with Crippen molar-refractivity contribution < 1.29 is 10.2 Å². The molecule has 0 saturated carbocycles. The molecule has 1 aromatic rings. The van der Waals surface area contributed by atoms with Crippen LogP contribution in [0.3, 0.4) is 0 Å². The van der Waals surface area contributed by atoms with Crippen LogP contribution in [-0.2, 0) is 0 Å². The number of phenols is 1. The molecule has 0 aliphatic heterocycles. The summed E-state index contributed by atoms with van der Waals surface area (Å²) < 4.78 is 0.599. The van der Waals surface area contributed by atoms with Crippen LogP contribution in [0.2, 0.25) is 0 Å². The zero-order valence-corrected chi connectivity index (χ0v) is 13.0. The molecule has 0 aliphatic rings. The number of aromatic hydroxyl groups is 1. The van der Waals surface area contributed by atoms with Crippen molar-refractivity contribution >= 4 is 28.3 Å². The normalized spacial score (nSPS) is 14.1. The molecule has 0 aliphatic carbocycles. The highest BCUT2D eigenvalue weighted by molar-refractivity contribution is 9.10. The van der Waals surface area contributed by atoms with Gasteiger partial charge in [-0.1, -0.05) is 19.9 Å². The number of rotatable bonds is 5. The second kappa shape index (κ2) is 8.00. The lowest BCUT2D eigenvalue weighted by molar-refractivity contribution is 0.128. The minimum Gasteiger partial charge on any atom is -0.507 e. The van der Waals surface area contributed by atoms with E-state index in [4.69, 9.17) is 5.73 Å². The Balaban J connectivity index is 0.00000289. The molecule has 0 bridgehead atoms. The molecule has 4 N–H and O–H groups in total. The summed E-state index contributed by atoms with van der Waals surface area (Å²) in [6.45, 7) is 4.24. The molecule has 1 rings (SSSR count). The Morgan fingerprint density at radius 1 is 1.28 bits per heavy atom. The van der Waals surface area contributed by atoms with Crippen molar-refractivity contribution in [2.24, 2.45) is 11.7 Å². The monoisotopic (exact) mass is 337 g/mol. The van der Waals surface area contributed by atoms with Gasteiger partial charge in [0, 0.05) is 0 Å². The number of aliphatic hydroxyl groups excluding tert-OH is 1. The number of hydrogen-bond acceptors (Lipinski definition) is 3. The summed E-state index contributed by atoms with van der Waals surface area (Å²) in [5.74, 6) is 0.737. The van der Waals surface area contributed by atoms with Crippen molar-refractivity contribution in [2.45, 2.75) is 38.8 Å². The summed E-state index contributed by atoms with van der Waals surface area (Å²) >= 11 is 3.24. The lowest BCUT2D eigenvalue weighted by atomic mass is 9.96. The van der Waals surface area contributed by atoms with Gasteiger partial charge in [0.2, 0.25) is 0 Å². The molecule has 0 spiro atoms. The van der Waals surface area contributed by atoms with Gasteiger partial charge in [-0.05, 0) is 52.4 Å². The maximum Gasteiger partial charge on any atom is 0.129 e. The van der Waals surface area contributed by atoms with Crippen molar-refractivity contribution in [3.63, 3.8) is 0 Å². The third kappa shape index (κ3) is 5.14. The lowest BCUT2D eigenvalue weighted by Crippen LogP contribution is -2.26. The van der Waals surface area contributed by atoms with Gasteiger partial charge in [0.1, 0.15) is 5.75 Å². The predicted octanol–water partition coefficient (Wildman–Crippen LogP) is 3.37. The summed E-state index contributed by atoms with van der Waals surface area (Å²) in [5.41, 5.74) is 6.82. The molecule has 3 nitrogen and oxygen atoms in total. The number of aliphatic hydroxyl groups is 1. The molecule has 0 fully saturated rings. The van der Waals surface area contributed by atoms with Crippen molar-refractivity contribution in [1.29, 1.82) is 0 Å². The summed E-state index contributed by atoms with van der Waals surface area (Å²) in [5, 5.41) is 19.4. The second-order valence-corrected chi connectivity index (χ2v) is 5.63. The Morgan fingerprint density at radius 3 is 2.39 bits per heavy atom. The number of halogens is 2. The average molecular weight is 339 g/mol. The summed E-state index contributed by atoms with van der Waals surface area (Å²) in [6, 6.07) is 4.65. The maximum atomic E-state index is 9.98. The summed E-state index contributed by atoms with van der Waals surface area (Å²) in [7, 11) is 0. The molecule has 0 amide bonds. The van der Waals surface area contributed by atoms with E-state index in [1.165, 1.54) is 0 Å². The molecule has 0 heterocycles. The van der Waals surface area contributed by atoms with Gasteiger partial charge in [0.15, 0.2) is 0 Å². The van der Waals surface area contributed by atoms with Crippen molar-refractivity contribution in [3.05, 3.63) is 28.2 Å². The van der Waals surface area contributed by atoms with E-state index in [0.717, 1.165) is 12.0 Å². The fourth-order valence-corrected chi connectivity index (χ4v) is 2.03. The lowest BCUT2D eigenvalue weighted by Gasteiger charge is -2.20. The predicted molar refractivity (Wildman–Crippen MR) is 80.1 cm³/mol. The van der Waals surface area contributed by atoms with E-state index in [-0.39, 0.29) is 18.2 Å². The molecular weight excluding hydrogens is 318 g/mol. The molecule has 0 saturated heterocycles. The highest BCUT2D eigenvalue weighted by Gasteiger charge is 2.17. The Labute approximate surface area is 123 Å². The van der Waals surface area contributed by atoms with Crippen LogP contribution in [0.15, 0.2) is 22.7 Å². The zero-order chi connectivity index (χ0) is 13.0. The Morgan fingerprint density at radius 2 is 1.89 bits per heavy atom. The van der Waals surface area contributed by atoms with Gasteiger partial charge in [0.05, 0.1) is 16.6 Å². The van der Waals surface area contributed by atoms with E-state index in [9.17, 15) is 10.2 Å². The Bertz CT molecular complexity index is 374. The summed E-state index contributed by atoms with van der Waals surface area (Å²) in [4.78, 5) is 0. The standard InChI is InChI=1S/C13H20BrNO2.ClH/c1-8(2)3-5-12(17)13(15)9-4-6-11(16)10(14)7-9;/h4,6-8,12-13,16-17H,3,5,15H2,1-2H3;1H/t12-,13+;/m1./s1. The number of nitrogens with two attached hydrogens (primary N) is 1. The first-order valence-electron chi connectivity index (χ1n) is 5.84. The molecular formula is C13H21BrClNO2. The van der Waals surface area contributed by atoms with Gasteiger partial charge >= 0.3 is 0 Å². The van der Waals surface area contributed by atoms with Gasteiger partial charge in [-0.3, -0.25) is 0 Å². The van der Waals surface area contributed by atoms with Gasteiger partial charge in [0.25, 0.3) is 0 Å². The van der Waals surface area contributed by atoms with E-state index in [2.05, 4.69) is 29.8 Å². The van der Waals surface area contributed by atoms with Crippen LogP contribution < -0.4 is 5.73 Å². The maximum absolute atomic E-state index is 9.98. The van der Waals surface area contributed by atoms with Crippen LogP contribution in [0.4, 0.5) is 0 Å². The topological polar surface area (TPSA) is 66.5 Å². The molecule has 0 radical (unpaired) electrons. The van der Waals surface area contributed by atoms with Crippen LogP contribution in [0.5, 0.6) is 5.75 Å². The largest absolute Gasteiger partial charge is 0.507 e. The fraction of sp³-hybridized carbons (Fsp3) is 0.538. The van der Waals surface area contributed by atoms with Crippen molar-refractivity contribution in [2.75, 3.05) is 0 Å². The van der Waals surface area contributed by atoms with Gasteiger partial charge in [-0.2, -0.15) is 0 Å². The van der Waals surface area contributed by atoms with Crippen LogP contribution in [-0.4, -0.2) is 16.3 Å². The van der Waals surface area contributed by atoms with Gasteiger partial charge in [-0.25, -0.2) is 0 Å². The van der Waals surface area contributed by atoms with Crippen LogP contribution in [0.25, 0.3) is 0 Å². The van der Waals surface area contributed by atoms with E-state index >= 15 is 0 Å². The summed E-state index contributed by atoms with van der Waals surface area (Å²) in [6.07, 6.45) is 1.10. The van der Waals surface area contributed by atoms with Gasteiger partial charge in [-0.15, -0.1) is 12.4 Å².